The van der Waals surface area contributed by atoms with Crippen molar-refractivity contribution in [2.45, 2.75) is 13.0 Å². The summed E-state index contributed by atoms with van der Waals surface area (Å²) in [5.41, 5.74) is -0.166. The van der Waals surface area contributed by atoms with E-state index in [1.807, 2.05) is 0 Å². The fraction of sp³-hybridized carbons (Fsp3) is 0.417. The van der Waals surface area contributed by atoms with Gasteiger partial charge in [0.15, 0.2) is 12.4 Å². The molecule has 1 aromatic carbocycles. The summed E-state index contributed by atoms with van der Waals surface area (Å²) in [6.45, 7) is 1.89. The van der Waals surface area contributed by atoms with E-state index >= 15 is 0 Å². The molecule has 0 aliphatic carbocycles. The van der Waals surface area contributed by atoms with Crippen molar-refractivity contribution in [3.63, 3.8) is 0 Å². The number of ether oxygens (including phenoxy) is 2. The van der Waals surface area contributed by atoms with E-state index in [-0.39, 0.29) is 30.0 Å². The van der Waals surface area contributed by atoms with Crippen molar-refractivity contribution >= 4 is 11.6 Å². The van der Waals surface area contributed by atoms with Gasteiger partial charge in [0.2, 0.25) is 0 Å². The number of benzene rings is 1. The summed E-state index contributed by atoms with van der Waals surface area (Å²) in [5.74, 6) is -0.287. The number of methoxy groups -OCH3 is 1. The molecule has 0 bridgehead atoms. The minimum absolute atomic E-state index is 0.0713. The highest BCUT2D eigenvalue weighted by molar-refractivity contribution is 5.78. The van der Waals surface area contributed by atoms with Crippen LogP contribution >= 0.6 is 0 Å². The predicted molar refractivity (Wildman–Crippen MR) is 68.1 cm³/mol. The molecule has 0 fully saturated rings. The van der Waals surface area contributed by atoms with Gasteiger partial charge in [-0.2, -0.15) is 0 Å². The Morgan fingerprint density at radius 2 is 2.16 bits per heavy atom. The zero-order chi connectivity index (χ0) is 14.3. The molecular formula is C12H16N2O5. The first-order valence-corrected chi connectivity index (χ1v) is 5.69. The third kappa shape index (κ3) is 4.92. The molecule has 104 valence electrons. The summed E-state index contributed by atoms with van der Waals surface area (Å²) in [4.78, 5) is 21.7. The van der Waals surface area contributed by atoms with Gasteiger partial charge in [-0.05, 0) is 13.0 Å². The van der Waals surface area contributed by atoms with E-state index in [4.69, 9.17) is 9.47 Å². The fourth-order valence-corrected chi connectivity index (χ4v) is 1.48. The summed E-state index contributed by atoms with van der Waals surface area (Å²) in [5, 5.41) is 13.4. The third-order valence-corrected chi connectivity index (χ3v) is 2.24. The van der Waals surface area contributed by atoms with Gasteiger partial charge in [-0.25, -0.2) is 0 Å². The van der Waals surface area contributed by atoms with Gasteiger partial charge < -0.3 is 14.8 Å². The van der Waals surface area contributed by atoms with Crippen LogP contribution in [0.4, 0.5) is 5.69 Å². The standard InChI is InChI=1S/C12H16N2O5/c1-9(7-18-2)13-12(15)8-19-11-6-4-3-5-10(11)14(16)17/h3-6,9H,7-8H2,1-2H3,(H,13,15). The number of nitro benzene ring substituents is 1. The first-order chi connectivity index (χ1) is 9.04. The topological polar surface area (TPSA) is 90.7 Å². The molecule has 0 heterocycles. The number of carbonyl (C=O) groups is 1. The van der Waals surface area contributed by atoms with Crippen LogP contribution in [0.3, 0.4) is 0 Å². The van der Waals surface area contributed by atoms with Crippen molar-refractivity contribution in [1.29, 1.82) is 0 Å². The zero-order valence-electron chi connectivity index (χ0n) is 10.8. The molecule has 1 unspecified atom stereocenters. The zero-order valence-corrected chi connectivity index (χ0v) is 10.8. The number of hydrogen-bond acceptors (Lipinski definition) is 5. The summed E-state index contributed by atoms with van der Waals surface area (Å²) < 4.78 is 10.0. The lowest BCUT2D eigenvalue weighted by molar-refractivity contribution is -0.385. The normalized spacial score (nSPS) is 11.7. The van der Waals surface area contributed by atoms with Gasteiger partial charge in [-0.15, -0.1) is 0 Å². The van der Waals surface area contributed by atoms with Crippen LogP contribution < -0.4 is 10.1 Å². The maximum atomic E-state index is 11.5. The number of rotatable bonds is 7. The number of nitrogens with zero attached hydrogens (tertiary/aromatic N) is 1. The fourth-order valence-electron chi connectivity index (χ4n) is 1.48. The number of para-hydroxylation sites is 2. The monoisotopic (exact) mass is 268 g/mol. The van der Waals surface area contributed by atoms with E-state index in [1.165, 1.54) is 25.3 Å². The van der Waals surface area contributed by atoms with Crippen LogP contribution in [0.1, 0.15) is 6.92 Å². The largest absolute Gasteiger partial charge is 0.477 e. The SMILES string of the molecule is COCC(C)NC(=O)COc1ccccc1[N+](=O)[O-]. The smallest absolute Gasteiger partial charge is 0.310 e. The molecule has 0 aromatic heterocycles. The highest BCUT2D eigenvalue weighted by Gasteiger charge is 2.15. The van der Waals surface area contributed by atoms with Crippen LogP contribution in [0.15, 0.2) is 24.3 Å². The second-order valence-corrected chi connectivity index (χ2v) is 3.94. The Balaban J connectivity index is 2.53. The Morgan fingerprint density at radius 3 is 2.79 bits per heavy atom. The Bertz CT molecular complexity index is 450. The molecule has 0 saturated heterocycles. The molecule has 7 heteroatoms. The van der Waals surface area contributed by atoms with Gasteiger partial charge in [0.1, 0.15) is 0 Å². The minimum atomic E-state index is -0.555. The Hall–Kier alpha value is -2.15. The van der Waals surface area contributed by atoms with Gasteiger partial charge in [-0.1, -0.05) is 12.1 Å². The van der Waals surface area contributed by atoms with Crippen molar-refractivity contribution in [1.82, 2.24) is 5.32 Å². The van der Waals surface area contributed by atoms with E-state index < -0.39 is 4.92 Å². The lowest BCUT2D eigenvalue weighted by atomic mass is 10.3. The first kappa shape index (κ1) is 14.9. The second kappa shape index (κ2) is 7.32. The van der Waals surface area contributed by atoms with Crippen LogP contribution in [0.5, 0.6) is 5.75 Å². The van der Waals surface area contributed by atoms with E-state index in [1.54, 1.807) is 13.0 Å². The van der Waals surface area contributed by atoms with Crippen LogP contribution in [0.25, 0.3) is 0 Å². The first-order valence-electron chi connectivity index (χ1n) is 5.69. The summed E-state index contributed by atoms with van der Waals surface area (Å²) in [7, 11) is 1.53. The lowest BCUT2D eigenvalue weighted by Crippen LogP contribution is -2.38. The molecule has 1 N–H and O–H groups in total. The maximum absolute atomic E-state index is 11.5. The van der Waals surface area contributed by atoms with E-state index in [2.05, 4.69) is 5.32 Å². The van der Waals surface area contributed by atoms with Crippen molar-refractivity contribution in [2.75, 3.05) is 20.3 Å². The van der Waals surface area contributed by atoms with Crippen LogP contribution in [-0.2, 0) is 9.53 Å². The number of hydrogen-bond donors (Lipinski definition) is 1. The number of amides is 1. The molecule has 1 amide bonds. The van der Waals surface area contributed by atoms with Gasteiger partial charge in [0.25, 0.3) is 5.91 Å². The molecule has 1 aromatic rings. The van der Waals surface area contributed by atoms with Gasteiger partial charge in [0, 0.05) is 19.2 Å². The Labute approximate surface area is 110 Å². The van der Waals surface area contributed by atoms with Gasteiger partial charge in [-0.3, -0.25) is 14.9 Å². The van der Waals surface area contributed by atoms with E-state index in [0.717, 1.165) is 0 Å². The molecular weight excluding hydrogens is 252 g/mol. The van der Waals surface area contributed by atoms with Crippen LogP contribution in [0, 0.1) is 10.1 Å². The second-order valence-electron chi connectivity index (χ2n) is 3.94. The average molecular weight is 268 g/mol. The van der Waals surface area contributed by atoms with E-state index in [0.29, 0.717) is 6.61 Å². The minimum Gasteiger partial charge on any atom is -0.477 e. The lowest BCUT2D eigenvalue weighted by Gasteiger charge is -2.13. The molecule has 19 heavy (non-hydrogen) atoms. The Morgan fingerprint density at radius 1 is 1.47 bits per heavy atom. The van der Waals surface area contributed by atoms with Crippen molar-refractivity contribution in [2.24, 2.45) is 0 Å². The van der Waals surface area contributed by atoms with Crippen LogP contribution in [-0.4, -0.2) is 37.2 Å². The van der Waals surface area contributed by atoms with Gasteiger partial charge >= 0.3 is 5.69 Å². The Kier molecular flexibility index (Phi) is 5.74. The highest BCUT2D eigenvalue weighted by Crippen LogP contribution is 2.25. The third-order valence-electron chi connectivity index (χ3n) is 2.24. The molecule has 0 spiro atoms. The average Bonchev–Trinajstić information content (AvgIpc) is 2.36. The van der Waals surface area contributed by atoms with Crippen molar-refractivity contribution in [3.05, 3.63) is 34.4 Å². The van der Waals surface area contributed by atoms with Crippen LogP contribution in [0.2, 0.25) is 0 Å². The van der Waals surface area contributed by atoms with E-state index in [9.17, 15) is 14.9 Å². The quantitative estimate of drug-likeness (QED) is 0.591. The number of nitro groups is 1. The summed E-state index contributed by atoms with van der Waals surface area (Å²) >= 11 is 0. The summed E-state index contributed by atoms with van der Waals surface area (Å²) in [6, 6.07) is 5.76. The molecule has 0 aliphatic rings. The maximum Gasteiger partial charge on any atom is 0.310 e. The van der Waals surface area contributed by atoms with Crippen molar-refractivity contribution < 1.29 is 19.2 Å². The predicted octanol–water partition coefficient (Wildman–Crippen LogP) is 1.12. The molecule has 0 aliphatic heterocycles. The number of carbonyl (C=O) groups excluding carboxylic acids is 1. The molecule has 0 radical (unpaired) electrons. The highest BCUT2D eigenvalue weighted by atomic mass is 16.6. The molecule has 7 nitrogen and oxygen atoms in total. The molecule has 1 rings (SSSR count). The number of nitrogens with one attached hydrogen (secondary N) is 1. The molecule has 0 saturated carbocycles. The molecule has 1 atom stereocenters. The summed E-state index contributed by atoms with van der Waals surface area (Å²) in [6.07, 6.45) is 0. The van der Waals surface area contributed by atoms with Gasteiger partial charge in [0.05, 0.1) is 11.5 Å². The van der Waals surface area contributed by atoms with Crippen molar-refractivity contribution in [3.8, 4) is 5.75 Å².